The summed E-state index contributed by atoms with van der Waals surface area (Å²) in [5, 5.41) is 18.3. The van der Waals surface area contributed by atoms with Crippen molar-refractivity contribution in [2.75, 3.05) is 7.05 Å². The summed E-state index contributed by atoms with van der Waals surface area (Å²) in [6, 6.07) is 16.4. The van der Waals surface area contributed by atoms with Gasteiger partial charge in [-0.1, -0.05) is 36.4 Å². The van der Waals surface area contributed by atoms with E-state index in [1.807, 2.05) is 24.3 Å². The third-order valence-corrected chi connectivity index (χ3v) is 4.87. The largest absolute Gasteiger partial charge is 0.508 e. The molecule has 0 saturated heterocycles. The number of guanidine groups is 1. The molecule has 1 atom stereocenters. The highest BCUT2D eigenvalue weighted by Crippen LogP contribution is 2.40. The first-order chi connectivity index (χ1) is 13.0. The van der Waals surface area contributed by atoms with Gasteiger partial charge < -0.3 is 10.8 Å². The number of phenols is 1. The van der Waals surface area contributed by atoms with Crippen LogP contribution in [0.4, 0.5) is 0 Å². The van der Waals surface area contributed by atoms with Crippen molar-refractivity contribution in [3.63, 3.8) is 0 Å². The number of aliphatic imine (C=N–C) groups is 1. The minimum absolute atomic E-state index is 0.121. The average molecular weight is 362 g/mol. The Morgan fingerprint density at radius 3 is 2.56 bits per heavy atom. The number of amides is 1. The number of aromatic hydroxyl groups is 1. The van der Waals surface area contributed by atoms with Crippen LogP contribution in [0.3, 0.4) is 0 Å². The maximum absolute atomic E-state index is 13.2. The Bertz CT molecular complexity index is 915. The highest BCUT2D eigenvalue weighted by Gasteiger charge is 2.49. The van der Waals surface area contributed by atoms with Gasteiger partial charge in [-0.25, -0.2) is 4.99 Å². The summed E-state index contributed by atoms with van der Waals surface area (Å²) >= 11 is 0. The quantitative estimate of drug-likeness (QED) is 0.771. The van der Waals surface area contributed by atoms with Crippen molar-refractivity contribution >= 4 is 11.9 Å². The zero-order valence-corrected chi connectivity index (χ0v) is 15.2. The molecule has 0 bridgehead atoms. The van der Waals surface area contributed by atoms with E-state index in [1.54, 1.807) is 31.3 Å². The lowest BCUT2D eigenvalue weighted by Crippen LogP contribution is -2.41. The Morgan fingerprint density at radius 2 is 1.93 bits per heavy atom. The Labute approximate surface area is 158 Å². The molecule has 2 aromatic rings. The zero-order valence-electron chi connectivity index (χ0n) is 15.2. The number of hydrogen-bond donors (Lipinski definition) is 2. The van der Waals surface area contributed by atoms with Gasteiger partial charge in [0.15, 0.2) is 11.5 Å². The van der Waals surface area contributed by atoms with E-state index in [1.165, 1.54) is 4.90 Å². The van der Waals surface area contributed by atoms with Gasteiger partial charge in [0.05, 0.1) is 6.07 Å². The van der Waals surface area contributed by atoms with Crippen LogP contribution in [0.15, 0.2) is 53.5 Å². The van der Waals surface area contributed by atoms with Gasteiger partial charge in [0, 0.05) is 13.5 Å². The Hall–Kier alpha value is -3.33. The van der Waals surface area contributed by atoms with E-state index >= 15 is 0 Å². The topological polar surface area (TPSA) is 103 Å². The maximum Gasteiger partial charge on any atom is 0.266 e. The van der Waals surface area contributed by atoms with Gasteiger partial charge in [-0.05, 0) is 48.1 Å². The van der Waals surface area contributed by atoms with Gasteiger partial charge in [0.25, 0.3) is 5.91 Å². The number of hydrogen-bond acceptors (Lipinski definition) is 5. The molecule has 2 aromatic carbocycles. The fourth-order valence-electron chi connectivity index (χ4n) is 3.37. The molecule has 6 heteroatoms. The molecule has 1 unspecified atom stereocenters. The molecule has 1 aliphatic rings. The van der Waals surface area contributed by atoms with E-state index in [9.17, 15) is 9.90 Å². The van der Waals surface area contributed by atoms with E-state index in [-0.39, 0.29) is 17.6 Å². The molecule has 0 spiro atoms. The standard InChI is InChI=1S/C21H22N4O2/c1-25-19(27)21(24-20(25)23,16-9-11-18(26)12-10-16)17-8-5-7-15(14-17)6-3-2-4-13-22/h5,7-12,14,26H,2-4,6H2,1H3,(H2,23,24). The van der Waals surface area contributed by atoms with Gasteiger partial charge in [-0.2, -0.15) is 5.26 Å². The second-order valence-electron chi connectivity index (χ2n) is 6.66. The first-order valence-corrected chi connectivity index (χ1v) is 8.88. The number of nitrogens with zero attached hydrogens (tertiary/aromatic N) is 3. The van der Waals surface area contributed by atoms with Crippen molar-refractivity contribution in [2.45, 2.75) is 31.2 Å². The van der Waals surface area contributed by atoms with E-state index in [0.717, 1.165) is 30.4 Å². The normalized spacial score (nSPS) is 19.0. The van der Waals surface area contributed by atoms with E-state index in [0.29, 0.717) is 12.0 Å². The predicted molar refractivity (Wildman–Crippen MR) is 103 cm³/mol. The van der Waals surface area contributed by atoms with Crippen LogP contribution < -0.4 is 5.73 Å². The third-order valence-electron chi connectivity index (χ3n) is 4.87. The number of aryl methyl sites for hydroxylation is 1. The molecule has 1 aliphatic heterocycles. The zero-order chi connectivity index (χ0) is 19.4. The Morgan fingerprint density at radius 1 is 1.19 bits per heavy atom. The molecule has 27 heavy (non-hydrogen) atoms. The third kappa shape index (κ3) is 3.36. The number of nitriles is 1. The molecule has 0 saturated carbocycles. The van der Waals surface area contributed by atoms with Crippen molar-refractivity contribution in [3.8, 4) is 11.8 Å². The summed E-state index contributed by atoms with van der Waals surface area (Å²) in [4.78, 5) is 19.1. The predicted octanol–water partition coefficient (Wildman–Crippen LogP) is 2.66. The number of carbonyl (C=O) groups excluding carboxylic acids is 1. The van der Waals surface area contributed by atoms with Gasteiger partial charge >= 0.3 is 0 Å². The van der Waals surface area contributed by atoms with Crippen LogP contribution in [-0.4, -0.2) is 28.9 Å². The molecule has 0 aliphatic carbocycles. The Balaban J connectivity index is 2.04. The smallest absolute Gasteiger partial charge is 0.266 e. The van der Waals surface area contributed by atoms with Crippen LogP contribution in [0.1, 0.15) is 36.0 Å². The molecule has 0 fully saturated rings. The summed E-state index contributed by atoms with van der Waals surface area (Å²) in [7, 11) is 1.61. The molecule has 0 radical (unpaired) electrons. The molecular weight excluding hydrogens is 340 g/mol. The number of nitrogens with two attached hydrogens (primary N) is 1. The van der Waals surface area contributed by atoms with Crippen molar-refractivity contribution < 1.29 is 9.90 Å². The lowest BCUT2D eigenvalue weighted by atomic mass is 9.82. The number of carbonyl (C=O) groups is 1. The highest BCUT2D eigenvalue weighted by molar-refractivity contribution is 6.08. The number of benzene rings is 2. The van der Waals surface area contributed by atoms with Crippen molar-refractivity contribution in [1.29, 1.82) is 5.26 Å². The van der Waals surface area contributed by atoms with Crippen LogP contribution in [0, 0.1) is 11.3 Å². The highest BCUT2D eigenvalue weighted by atomic mass is 16.3. The summed E-state index contributed by atoms with van der Waals surface area (Å²) < 4.78 is 0. The van der Waals surface area contributed by atoms with Crippen molar-refractivity contribution in [2.24, 2.45) is 10.7 Å². The van der Waals surface area contributed by atoms with Crippen molar-refractivity contribution in [3.05, 3.63) is 65.2 Å². The number of rotatable bonds is 6. The summed E-state index contributed by atoms with van der Waals surface area (Å²) in [6.45, 7) is 0. The first kappa shape index (κ1) is 18.5. The SMILES string of the molecule is CN1C(=O)C(c2ccc(O)cc2)(c2cccc(CCCCC#N)c2)N=C1N. The lowest BCUT2D eigenvalue weighted by Gasteiger charge is -2.26. The van der Waals surface area contributed by atoms with Crippen LogP contribution in [0.5, 0.6) is 5.75 Å². The monoisotopic (exact) mass is 362 g/mol. The summed E-state index contributed by atoms with van der Waals surface area (Å²) in [5.74, 6) is 0.0516. The Kier molecular flexibility index (Phi) is 5.13. The van der Waals surface area contributed by atoms with E-state index in [2.05, 4.69) is 11.1 Å². The van der Waals surface area contributed by atoms with Crippen LogP contribution in [-0.2, 0) is 16.8 Å². The minimum Gasteiger partial charge on any atom is -0.508 e. The number of unbranched alkanes of at least 4 members (excludes halogenated alkanes) is 2. The number of phenolic OH excluding ortho intramolecular Hbond substituents is 1. The van der Waals surface area contributed by atoms with Gasteiger partial charge in [-0.3, -0.25) is 9.69 Å². The number of likely N-dealkylation sites (N-methyl/N-ethyl adjacent to an activating group) is 1. The fraction of sp³-hybridized carbons (Fsp3) is 0.286. The molecule has 1 amide bonds. The average Bonchev–Trinajstić information content (AvgIpc) is 2.91. The first-order valence-electron chi connectivity index (χ1n) is 8.88. The van der Waals surface area contributed by atoms with Crippen LogP contribution in [0.25, 0.3) is 0 Å². The van der Waals surface area contributed by atoms with Gasteiger partial charge in [0.1, 0.15) is 5.75 Å². The second kappa shape index (κ2) is 7.50. The maximum atomic E-state index is 13.2. The second-order valence-corrected chi connectivity index (χ2v) is 6.66. The van der Waals surface area contributed by atoms with Crippen molar-refractivity contribution in [1.82, 2.24) is 4.90 Å². The van der Waals surface area contributed by atoms with Gasteiger partial charge in [-0.15, -0.1) is 0 Å². The van der Waals surface area contributed by atoms with Crippen LogP contribution >= 0.6 is 0 Å². The minimum atomic E-state index is -1.25. The molecule has 3 N–H and O–H groups in total. The van der Waals surface area contributed by atoms with E-state index < -0.39 is 5.54 Å². The molecule has 3 rings (SSSR count). The summed E-state index contributed by atoms with van der Waals surface area (Å²) in [6.07, 6.45) is 3.12. The molecule has 6 nitrogen and oxygen atoms in total. The molecule has 1 heterocycles. The molecular formula is C21H22N4O2. The summed E-state index contributed by atoms with van der Waals surface area (Å²) in [5.41, 5.74) is 7.20. The van der Waals surface area contributed by atoms with E-state index in [4.69, 9.17) is 11.0 Å². The lowest BCUT2D eigenvalue weighted by molar-refractivity contribution is -0.129. The fourth-order valence-corrected chi connectivity index (χ4v) is 3.37. The van der Waals surface area contributed by atoms with Crippen LogP contribution in [0.2, 0.25) is 0 Å². The molecule has 138 valence electrons. The van der Waals surface area contributed by atoms with Gasteiger partial charge in [0.2, 0.25) is 0 Å². The molecule has 0 aromatic heterocycles.